The lowest BCUT2D eigenvalue weighted by Crippen LogP contribution is -2.52. The lowest BCUT2D eigenvalue weighted by Gasteiger charge is -2.35. The number of carbonyl (C=O) groups excluding carboxylic acids is 2. The predicted octanol–water partition coefficient (Wildman–Crippen LogP) is 2.90. The first-order valence-electron chi connectivity index (χ1n) is 7.17. The molecule has 0 heterocycles. The summed E-state index contributed by atoms with van der Waals surface area (Å²) >= 11 is 0. The van der Waals surface area contributed by atoms with Gasteiger partial charge in [0.15, 0.2) is 0 Å². The highest BCUT2D eigenvalue weighted by Gasteiger charge is 2.37. The molecule has 1 amide bonds. The average molecular weight is 289 g/mol. The van der Waals surface area contributed by atoms with Crippen molar-refractivity contribution < 1.29 is 19.4 Å². The summed E-state index contributed by atoms with van der Waals surface area (Å²) in [5.74, 6) is 0. The predicted molar refractivity (Wildman–Crippen MR) is 80.6 cm³/mol. The van der Waals surface area contributed by atoms with Crippen LogP contribution in [0.3, 0.4) is 0 Å². The zero-order chi connectivity index (χ0) is 16.6. The Morgan fingerprint density at radius 2 is 1.70 bits per heavy atom. The second-order valence-electron chi connectivity index (χ2n) is 6.01. The largest absolute Gasteiger partial charge is 0.444 e. The lowest BCUT2D eigenvalue weighted by molar-refractivity contribution is -0.114. The fourth-order valence-electron chi connectivity index (χ4n) is 1.56. The van der Waals surface area contributed by atoms with Crippen LogP contribution in [0.2, 0.25) is 0 Å². The number of aliphatic hydroxyl groups excluding tert-OH is 1. The maximum Gasteiger partial charge on any atom is 0.408 e. The van der Waals surface area contributed by atoms with Crippen LogP contribution in [0.1, 0.15) is 61.8 Å². The molecule has 0 aromatic rings. The third-order valence-electron chi connectivity index (χ3n) is 2.86. The molecule has 2 N–H and O–H groups in total. The first-order chi connectivity index (χ1) is 9.04. The van der Waals surface area contributed by atoms with Gasteiger partial charge in [-0.1, -0.05) is 34.6 Å². The summed E-state index contributed by atoms with van der Waals surface area (Å²) in [6, 6.07) is -0.790. The van der Waals surface area contributed by atoms with Gasteiger partial charge in [-0.25, -0.2) is 4.79 Å². The molecule has 0 aromatic carbocycles. The van der Waals surface area contributed by atoms with E-state index in [1.807, 2.05) is 20.8 Å². The molecule has 20 heavy (non-hydrogen) atoms. The molecule has 0 spiro atoms. The Labute approximate surface area is 123 Å². The fraction of sp³-hybridized carbons (Fsp3) is 0.867. The van der Waals surface area contributed by atoms with E-state index >= 15 is 0 Å². The van der Waals surface area contributed by atoms with E-state index in [9.17, 15) is 14.7 Å². The number of rotatable bonds is 5. The van der Waals surface area contributed by atoms with E-state index in [2.05, 4.69) is 5.32 Å². The number of hydrogen-bond donors (Lipinski definition) is 2. The molecule has 0 rings (SSSR count). The van der Waals surface area contributed by atoms with Gasteiger partial charge in [-0.05, 0) is 27.2 Å². The first kappa shape index (κ1) is 21.2. The van der Waals surface area contributed by atoms with Crippen molar-refractivity contribution in [3.63, 3.8) is 0 Å². The highest BCUT2D eigenvalue weighted by Crippen LogP contribution is 2.26. The number of aldehydes is 1. The van der Waals surface area contributed by atoms with Crippen LogP contribution in [-0.2, 0) is 9.53 Å². The smallest absolute Gasteiger partial charge is 0.408 e. The van der Waals surface area contributed by atoms with Crippen LogP contribution in [0.5, 0.6) is 0 Å². The molecule has 2 atom stereocenters. The van der Waals surface area contributed by atoms with Crippen molar-refractivity contribution in [3.05, 3.63) is 0 Å². The number of ether oxygens (including phenoxy) is 1. The SMILES string of the molecule is CC.CCC(O)C(C)(C)C(C=O)NC(=O)OC(C)(C)C. The van der Waals surface area contributed by atoms with Crippen LogP contribution < -0.4 is 5.32 Å². The van der Waals surface area contributed by atoms with E-state index in [1.165, 1.54) is 0 Å². The minimum absolute atomic E-state index is 0.507. The minimum Gasteiger partial charge on any atom is -0.444 e. The second-order valence-corrected chi connectivity index (χ2v) is 6.01. The van der Waals surface area contributed by atoms with E-state index in [0.29, 0.717) is 12.7 Å². The molecular weight excluding hydrogens is 258 g/mol. The Hall–Kier alpha value is -1.10. The topological polar surface area (TPSA) is 75.6 Å². The molecule has 0 aliphatic carbocycles. The van der Waals surface area contributed by atoms with Crippen LogP contribution >= 0.6 is 0 Å². The van der Waals surface area contributed by atoms with Crippen molar-refractivity contribution in [2.75, 3.05) is 0 Å². The highest BCUT2D eigenvalue weighted by molar-refractivity contribution is 5.74. The van der Waals surface area contributed by atoms with Gasteiger partial charge in [0, 0.05) is 5.41 Å². The molecular formula is C15H31NO4. The lowest BCUT2D eigenvalue weighted by atomic mass is 9.78. The minimum atomic E-state index is -0.790. The van der Waals surface area contributed by atoms with Crippen LogP contribution in [0.4, 0.5) is 4.79 Å². The maximum absolute atomic E-state index is 11.6. The van der Waals surface area contributed by atoms with Gasteiger partial charge in [0.25, 0.3) is 0 Å². The van der Waals surface area contributed by atoms with Gasteiger partial charge >= 0.3 is 6.09 Å². The molecule has 0 aliphatic rings. The van der Waals surface area contributed by atoms with Crippen LogP contribution in [-0.4, -0.2) is 35.2 Å². The highest BCUT2D eigenvalue weighted by atomic mass is 16.6. The van der Waals surface area contributed by atoms with Gasteiger partial charge in [0.05, 0.1) is 12.1 Å². The van der Waals surface area contributed by atoms with E-state index in [1.54, 1.807) is 34.6 Å². The van der Waals surface area contributed by atoms with Crippen molar-refractivity contribution >= 4 is 12.4 Å². The van der Waals surface area contributed by atoms with Crippen molar-refractivity contribution in [1.29, 1.82) is 0 Å². The van der Waals surface area contributed by atoms with Gasteiger partial charge < -0.3 is 20.0 Å². The molecule has 5 heteroatoms. The number of hydrogen-bond acceptors (Lipinski definition) is 4. The first-order valence-corrected chi connectivity index (χ1v) is 7.17. The van der Waals surface area contributed by atoms with E-state index < -0.39 is 29.3 Å². The van der Waals surface area contributed by atoms with Crippen LogP contribution in [0.25, 0.3) is 0 Å². The monoisotopic (exact) mass is 289 g/mol. The van der Waals surface area contributed by atoms with Crippen LogP contribution in [0, 0.1) is 5.41 Å². The molecule has 0 radical (unpaired) electrons. The number of nitrogens with one attached hydrogen (secondary N) is 1. The molecule has 0 saturated carbocycles. The molecule has 0 saturated heterocycles. The van der Waals surface area contributed by atoms with Gasteiger partial charge in [0.1, 0.15) is 11.9 Å². The van der Waals surface area contributed by atoms with Crippen molar-refractivity contribution in [2.24, 2.45) is 5.41 Å². The molecule has 0 aliphatic heterocycles. The summed E-state index contributed by atoms with van der Waals surface area (Å²) in [6.07, 6.45) is -0.200. The van der Waals surface area contributed by atoms with Gasteiger partial charge in [-0.3, -0.25) is 0 Å². The number of carbonyl (C=O) groups is 2. The number of alkyl carbamates (subject to hydrolysis) is 1. The Kier molecular flexibility index (Phi) is 9.49. The standard InChI is InChI=1S/C13H25NO4.C2H6/c1-7-10(16)13(5,6)9(8-15)14-11(17)18-12(2,3)4;1-2/h8-10,16H,7H2,1-6H3,(H,14,17);1-2H3. The number of amides is 1. The molecule has 0 bridgehead atoms. The third kappa shape index (κ3) is 7.48. The average Bonchev–Trinajstić information content (AvgIpc) is 2.34. The Bertz CT molecular complexity index is 295. The van der Waals surface area contributed by atoms with E-state index in [-0.39, 0.29) is 0 Å². The maximum atomic E-state index is 11.6. The quantitative estimate of drug-likeness (QED) is 0.763. The fourth-order valence-corrected chi connectivity index (χ4v) is 1.56. The third-order valence-corrected chi connectivity index (χ3v) is 2.86. The molecule has 120 valence electrons. The molecule has 0 aromatic heterocycles. The zero-order valence-electron chi connectivity index (χ0n) is 14.1. The van der Waals surface area contributed by atoms with Crippen molar-refractivity contribution in [1.82, 2.24) is 5.32 Å². The zero-order valence-corrected chi connectivity index (χ0v) is 14.1. The summed E-state index contributed by atoms with van der Waals surface area (Å²) in [5, 5.41) is 12.4. The van der Waals surface area contributed by atoms with Gasteiger partial charge in [-0.15, -0.1) is 0 Å². The second kappa shape index (κ2) is 8.95. The molecule has 2 unspecified atom stereocenters. The van der Waals surface area contributed by atoms with Crippen molar-refractivity contribution in [2.45, 2.75) is 79.6 Å². The molecule has 5 nitrogen and oxygen atoms in total. The Balaban J connectivity index is 0. The van der Waals surface area contributed by atoms with Gasteiger partial charge in [-0.2, -0.15) is 0 Å². The van der Waals surface area contributed by atoms with Crippen LogP contribution in [0.15, 0.2) is 0 Å². The van der Waals surface area contributed by atoms with E-state index in [0.717, 1.165) is 0 Å². The summed E-state index contributed by atoms with van der Waals surface area (Å²) < 4.78 is 5.09. The summed E-state index contributed by atoms with van der Waals surface area (Å²) in [5.41, 5.74) is -1.36. The molecule has 0 fully saturated rings. The summed E-state index contributed by atoms with van der Waals surface area (Å²) in [7, 11) is 0. The summed E-state index contributed by atoms with van der Waals surface area (Å²) in [4.78, 5) is 22.7. The van der Waals surface area contributed by atoms with Gasteiger partial charge in [0.2, 0.25) is 0 Å². The van der Waals surface area contributed by atoms with Crippen molar-refractivity contribution in [3.8, 4) is 0 Å². The Morgan fingerprint density at radius 3 is 2.00 bits per heavy atom. The Morgan fingerprint density at radius 1 is 1.25 bits per heavy atom. The van der Waals surface area contributed by atoms with E-state index in [4.69, 9.17) is 4.74 Å². The summed E-state index contributed by atoms with van der Waals surface area (Å²) in [6.45, 7) is 14.5. The number of aliphatic hydroxyl groups is 1. The normalized spacial score (nSPS) is 14.4.